The van der Waals surface area contributed by atoms with E-state index < -0.39 is 0 Å². The lowest BCUT2D eigenvalue weighted by molar-refractivity contribution is -0.879. The molecular formula is C18H31N2O+. The van der Waals surface area contributed by atoms with E-state index >= 15 is 0 Å². The molecule has 0 aromatic carbocycles. The van der Waals surface area contributed by atoms with Gasteiger partial charge in [-0.3, -0.25) is 4.79 Å². The fourth-order valence-electron chi connectivity index (χ4n) is 6.43. The molecule has 21 heavy (non-hydrogen) atoms. The normalized spacial score (nSPS) is 43.2. The highest BCUT2D eigenvalue weighted by Gasteiger charge is 2.53. The zero-order chi connectivity index (χ0) is 14.4. The van der Waals surface area contributed by atoms with Crippen LogP contribution in [0, 0.1) is 23.2 Å². The van der Waals surface area contributed by atoms with Crippen LogP contribution in [0.25, 0.3) is 0 Å². The van der Waals surface area contributed by atoms with E-state index in [1.165, 1.54) is 69.4 Å². The number of hydrogen-bond acceptors (Lipinski definition) is 1. The summed E-state index contributed by atoms with van der Waals surface area (Å²) in [6.45, 7) is 5.39. The van der Waals surface area contributed by atoms with Crippen molar-refractivity contribution in [3.63, 3.8) is 0 Å². The Morgan fingerprint density at radius 3 is 2.14 bits per heavy atom. The van der Waals surface area contributed by atoms with Gasteiger partial charge in [0.25, 0.3) is 5.91 Å². The second kappa shape index (κ2) is 5.26. The predicted octanol–water partition coefficient (Wildman–Crippen LogP) is 1.39. The SMILES string of the molecule is C[C@H](NC(=O)C[NH+]1CCCC1)C12CC3CC(CC(C3)C1)C2. The number of hydrogen-bond donors (Lipinski definition) is 2. The largest absolute Gasteiger partial charge is 0.348 e. The standard InChI is InChI=1S/C18H30N2O/c1-13(19-17(21)12-20-4-2-3-5-20)18-9-14-6-15(10-18)8-16(7-14)11-18/h13-16H,2-12H2,1H3,(H,19,21)/p+1/t13-,14?,15?,16?,18?/m0/s1. The molecule has 118 valence electrons. The van der Waals surface area contributed by atoms with E-state index in [2.05, 4.69) is 12.2 Å². The lowest BCUT2D eigenvalue weighted by Gasteiger charge is -2.59. The van der Waals surface area contributed by atoms with Crippen molar-refractivity contribution >= 4 is 5.91 Å². The number of likely N-dealkylation sites (tertiary alicyclic amines) is 1. The molecule has 1 saturated heterocycles. The molecule has 5 fully saturated rings. The number of carbonyl (C=O) groups excluding carboxylic acids is 1. The zero-order valence-corrected chi connectivity index (χ0v) is 13.5. The Morgan fingerprint density at radius 2 is 1.62 bits per heavy atom. The molecule has 0 spiro atoms. The number of quaternary nitrogens is 1. The first-order valence-corrected chi connectivity index (χ1v) is 9.26. The molecule has 0 aromatic rings. The quantitative estimate of drug-likeness (QED) is 0.806. The Hall–Kier alpha value is -0.570. The molecule has 2 N–H and O–H groups in total. The van der Waals surface area contributed by atoms with E-state index in [0.29, 0.717) is 23.9 Å². The van der Waals surface area contributed by atoms with Gasteiger partial charge in [-0.15, -0.1) is 0 Å². The van der Waals surface area contributed by atoms with Crippen LogP contribution in [0.2, 0.25) is 0 Å². The Bertz CT molecular complexity index is 378. The third-order valence-electron chi connectivity index (χ3n) is 7.10. The van der Waals surface area contributed by atoms with Gasteiger partial charge in [-0.1, -0.05) is 0 Å². The minimum Gasteiger partial charge on any atom is -0.348 e. The van der Waals surface area contributed by atoms with Gasteiger partial charge in [-0.2, -0.15) is 0 Å². The van der Waals surface area contributed by atoms with Gasteiger partial charge in [0.05, 0.1) is 13.1 Å². The molecule has 5 rings (SSSR count). The summed E-state index contributed by atoms with van der Waals surface area (Å²) in [5.74, 6) is 3.22. The lowest BCUT2D eigenvalue weighted by atomic mass is 9.48. The van der Waals surface area contributed by atoms with Crippen LogP contribution in [-0.4, -0.2) is 31.6 Å². The summed E-state index contributed by atoms with van der Waals surface area (Å²) < 4.78 is 0. The molecular weight excluding hydrogens is 260 g/mol. The molecule has 0 unspecified atom stereocenters. The second-order valence-corrected chi connectivity index (χ2v) is 8.70. The maximum Gasteiger partial charge on any atom is 0.275 e. The van der Waals surface area contributed by atoms with E-state index in [1.54, 1.807) is 0 Å². The topological polar surface area (TPSA) is 33.5 Å². The summed E-state index contributed by atoms with van der Waals surface area (Å²) in [5.41, 5.74) is 0.449. The molecule has 0 radical (unpaired) electrons. The third-order valence-corrected chi connectivity index (χ3v) is 7.10. The summed E-state index contributed by atoms with van der Waals surface area (Å²) in [5, 5.41) is 3.40. The van der Waals surface area contributed by atoms with Gasteiger partial charge in [-0.05, 0) is 68.6 Å². The fraction of sp³-hybridized carbons (Fsp3) is 0.944. The van der Waals surface area contributed by atoms with Crippen LogP contribution in [0.1, 0.15) is 58.3 Å². The predicted molar refractivity (Wildman–Crippen MR) is 83.0 cm³/mol. The zero-order valence-electron chi connectivity index (χ0n) is 13.5. The van der Waals surface area contributed by atoms with Crippen molar-refractivity contribution in [1.82, 2.24) is 5.32 Å². The van der Waals surface area contributed by atoms with Crippen molar-refractivity contribution in [2.75, 3.05) is 19.6 Å². The summed E-state index contributed by atoms with van der Waals surface area (Å²) in [6.07, 6.45) is 11.2. The molecule has 3 nitrogen and oxygen atoms in total. The van der Waals surface area contributed by atoms with Crippen LogP contribution >= 0.6 is 0 Å². The third kappa shape index (κ3) is 2.62. The highest BCUT2D eigenvalue weighted by atomic mass is 16.2. The van der Waals surface area contributed by atoms with Crippen molar-refractivity contribution < 1.29 is 9.69 Å². The smallest absolute Gasteiger partial charge is 0.275 e. The van der Waals surface area contributed by atoms with Crippen LogP contribution < -0.4 is 10.2 Å². The fourth-order valence-corrected chi connectivity index (χ4v) is 6.43. The van der Waals surface area contributed by atoms with E-state index in [-0.39, 0.29) is 0 Å². The van der Waals surface area contributed by atoms with Gasteiger partial charge in [0.1, 0.15) is 0 Å². The Labute approximate surface area is 128 Å². The maximum atomic E-state index is 12.4. The molecule has 5 aliphatic rings. The van der Waals surface area contributed by atoms with Crippen LogP contribution in [-0.2, 0) is 4.79 Å². The molecule has 1 heterocycles. The van der Waals surface area contributed by atoms with Crippen LogP contribution in [0.4, 0.5) is 0 Å². The van der Waals surface area contributed by atoms with Gasteiger partial charge < -0.3 is 10.2 Å². The number of rotatable bonds is 4. The van der Waals surface area contributed by atoms with Crippen LogP contribution in [0.3, 0.4) is 0 Å². The van der Waals surface area contributed by atoms with Crippen LogP contribution in [0.15, 0.2) is 0 Å². The van der Waals surface area contributed by atoms with E-state index in [0.717, 1.165) is 17.8 Å². The van der Waals surface area contributed by atoms with Crippen molar-refractivity contribution in [1.29, 1.82) is 0 Å². The minimum absolute atomic E-state index is 0.301. The number of carbonyl (C=O) groups is 1. The number of amides is 1. The Kier molecular flexibility index (Phi) is 3.52. The molecule has 1 aliphatic heterocycles. The highest BCUT2D eigenvalue weighted by molar-refractivity contribution is 5.77. The van der Waals surface area contributed by atoms with E-state index in [9.17, 15) is 4.79 Å². The van der Waals surface area contributed by atoms with E-state index in [4.69, 9.17) is 0 Å². The lowest BCUT2D eigenvalue weighted by Crippen LogP contribution is -3.11. The van der Waals surface area contributed by atoms with Crippen molar-refractivity contribution in [2.24, 2.45) is 23.2 Å². The van der Waals surface area contributed by atoms with E-state index in [1.807, 2.05) is 0 Å². The van der Waals surface area contributed by atoms with Gasteiger partial charge >= 0.3 is 0 Å². The second-order valence-electron chi connectivity index (χ2n) is 8.70. The molecule has 1 amide bonds. The molecule has 0 aromatic heterocycles. The first-order chi connectivity index (χ1) is 10.1. The summed E-state index contributed by atoms with van der Waals surface area (Å²) >= 11 is 0. The van der Waals surface area contributed by atoms with Crippen LogP contribution in [0.5, 0.6) is 0 Å². The average molecular weight is 291 g/mol. The maximum absolute atomic E-state index is 12.4. The summed E-state index contributed by atoms with van der Waals surface area (Å²) in [6, 6.07) is 0.389. The van der Waals surface area contributed by atoms with Gasteiger partial charge in [-0.25, -0.2) is 0 Å². The molecule has 4 bridgehead atoms. The molecule has 1 atom stereocenters. The van der Waals surface area contributed by atoms with Gasteiger partial charge in [0.15, 0.2) is 6.54 Å². The van der Waals surface area contributed by atoms with Gasteiger partial charge in [0, 0.05) is 18.9 Å². The summed E-state index contributed by atoms with van der Waals surface area (Å²) in [4.78, 5) is 13.9. The molecule has 4 saturated carbocycles. The minimum atomic E-state index is 0.301. The first kappa shape index (κ1) is 14.0. The van der Waals surface area contributed by atoms with Crippen molar-refractivity contribution in [2.45, 2.75) is 64.3 Å². The molecule has 4 aliphatic carbocycles. The number of nitrogens with one attached hydrogen (secondary N) is 2. The van der Waals surface area contributed by atoms with Crippen molar-refractivity contribution in [3.8, 4) is 0 Å². The summed E-state index contributed by atoms with van der Waals surface area (Å²) in [7, 11) is 0. The Balaban J connectivity index is 1.38. The molecule has 3 heteroatoms. The van der Waals surface area contributed by atoms with Gasteiger partial charge in [0.2, 0.25) is 0 Å². The Morgan fingerprint density at radius 1 is 1.10 bits per heavy atom. The van der Waals surface area contributed by atoms with Crippen molar-refractivity contribution in [3.05, 3.63) is 0 Å². The monoisotopic (exact) mass is 291 g/mol. The highest BCUT2D eigenvalue weighted by Crippen LogP contribution is 2.61. The first-order valence-electron chi connectivity index (χ1n) is 9.26. The average Bonchev–Trinajstić information content (AvgIpc) is 2.89.